The molecule has 120 valence electrons. The van der Waals surface area contributed by atoms with Gasteiger partial charge in [-0.1, -0.05) is 19.3 Å². The van der Waals surface area contributed by atoms with Crippen molar-refractivity contribution in [2.75, 3.05) is 19.7 Å². The van der Waals surface area contributed by atoms with E-state index in [9.17, 15) is 4.79 Å². The van der Waals surface area contributed by atoms with Gasteiger partial charge in [-0.2, -0.15) is 0 Å². The van der Waals surface area contributed by atoms with Gasteiger partial charge in [-0.25, -0.2) is 0 Å². The summed E-state index contributed by atoms with van der Waals surface area (Å²) in [6.07, 6.45) is 9.76. The van der Waals surface area contributed by atoms with Crippen LogP contribution >= 0.6 is 0 Å². The van der Waals surface area contributed by atoms with Crippen molar-refractivity contribution >= 4 is 5.91 Å². The zero-order valence-corrected chi connectivity index (χ0v) is 13.3. The number of carbonyl (C=O) groups excluding carboxylic acids is 1. The van der Waals surface area contributed by atoms with Gasteiger partial charge in [-0.15, -0.1) is 0 Å². The molecule has 3 aliphatic rings. The lowest BCUT2D eigenvalue weighted by molar-refractivity contribution is -0.158. The molecule has 2 atom stereocenters. The number of hydrogen-bond donors (Lipinski definition) is 2. The van der Waals surface area contributed by atoms with E-state index in [4.69, 9.17) is 4.74 Å². The Morgan fingerprint density at radius 1 is 1.24 bits per heavy atom. The fourth-order valence-corrected chi connectivity index (χ4v) is 4.64. The number of hydrogen-bond acceptors (Lipinski definition) is 3. The van der Waals surface area contributed by atoms with E-state index in [-0.39, 0.29) is 11.3 Å². The summed E-state index contributed by atoms with van der Waals surface area (Å²) in [5.74, 6) is 0.513. The van der Waals surface area contributed by atoms with Crippen LogP contribution in [0.25, 0.3) is 0 Å². The fraction of sp³-hybridized carbons (Fsp3) is 0.941. The molecule has 1 aliphatic heterocycles. The van der Waals surface area contributed by atoms with E-state index in [0.717, 1.165) is 39.0 Å². The summed E-state index contributed by atoms with van der Waals surface area (Å²) in [5, 5.41) is 6.72. The molecule has 3 fully saturated rings. The van der Waals surface area contributed by atoms with Crippen molar-refractivity contribution in [2.24, 2.45) is 11.3 Å². The second-order valence-electron chi connectivity index (χ2n) is 7.06. The van der Waals surface area contributed by atoms with Crippen LogP contribution in [0.15, 0.2) is 0 Å². The Morgan fingerprint density at radius 2 is 1.95 bits per heavy atom. The van der Waals surface area contributed by atoms with Crippen molar-refractivity contribution in [1.29, 1.82) is 0 Å². The predicted octanol–water partition coefficient (Wildman–Crippen LogP) is 2.23. The SMILES string of the molecule is CCOC1CC(NC(=O)C2CCNCC2)C12CCCCC2. The summed E-state index contributed by atoms with van der Waals surface area (Å²) in [5.41, 5.74) is 0.247. The lowest BCUT2D eigenvalue weighted by atomic mass is 9.55. The topological polar surface area (TPSA) is 50.4 Å². The average molecular weight is 294 g/mol. The molecule has 1 heterocycles. The Balaban J connectivity index is 1.60. The summed E-state index contributed by atoms with van der Waals surface area (Å²) in [6, 6.07) is 0.358. The van der Waals surface area contributed by atoms with Gasteiger partial charge in [0.05, 0.1) is 6.10 Å². The molecule has 4 nitrogen and oxygen atoms in total. The molecule has 2 aliphatic carbocycles. The van der Waals surface area contributed by atoms with Crippen LogP contribution in [0.2, 0.25) is 0 Å². The molecule has 1 saturated heterocycles. The van der Waals surface area contributed by atoms with Crippen LogP contribution in [0.1, 0.15) is 58.3 Å². The maximum Gasteiger partial charge on any atom is 0.223 e. The Kier molecular flexibility index (Phi) is 4.85. The average Bonchev–Trinajstić information content (AvgIpc) is 2.55. The van der Waals surface area contributed by atoms with Gasteiger partial charge in [-0.05, 0) is 52.1 Å². The highest BCUT2D eigenvalue weighted by molar-refractivity contribution is 5.79. The first kappa shape index (κ1) is 15.3. The van der Waals surface area contributed by atoms with Crippen LogP contribution < -0.4 is 10.6 Å². The zero-order chi connectivity index (χ0) is 14.7. The van der Waals surface area contributed by atoms with E-state index < -0.39 is 0 Å². The van der Waals surface area contributed by atoms with Crippen molar-refractivity contribution < 1.29 is 9.53 Å². The second-order valence-corrected chi connectivity index (χ2v) is 7.06. The zero-order valence-electron chi connectivity index (χ0n) is 13.3. The van der Waals surface area contributed by atoms with Gasteiger partial charge >= 0.3 is 0 Å². The van der Waals surface area contributed by atoms with Crippen LogP contribution in [0.5, 0.6) is 0 Å². The van der Waals surface area contributed by atoms with Gasteiger partial charge in [0.25, 0.3) is 0 Å². The van der Waals surface area contributed by atoms with Gasteiger partial charge in [0.1, 0.15) is 0 Å². The van der Waals surface area contributed by atoms with E-state index in [1.807, 2.05) is 0 Å². The summed E-state index contributed by atoms with van der Waals surface area (Å²) in [6.45, 7) is 4.84. The third kappa shape index (κ3) is 2.98. The smallest absolute Gasteiger partial charge is 0.223 e. The number of rotatable bonds is 4. The molecule has 0 bridgehead atoms. The van der Waals surface area contributed by atoms with Gasteiger partial charge in [0, 0.05) is 24.0 Å². The van der Waals surface area contributed by atoms with Gasteiger partial charge < -0.3 is 15.4 Å². The lowest BCUT2D eigenvalue weighted by Crippen LogP contribution is -2.66. The molecule has 2 unspecified atom stereocenters. The van der Waals surface area contributed by atoms with E-state index in [1.54, 1.807) is 0 Å². The Bertz CT molecular complexity index is 360. The summed E-state index contributed by atoms with van der Waals surface area (Å²) in [4.78, 5) is 12.5. The number of amides is 1. The predicted molar refractivity (Wildman–Crippen MR) is 83.1 cm³/mol. The van der Waals surface area contributed by atoms with Crippen LogP contribution in [-0.2, 0) is 9.53 Å². The van der Waals surface area contributed by atoms with Gasteiger partial charge in [0.15, 0.2) is 0 Å². The van der Waals surface area contributed by atoms with E-state index in [0.29, 0.717) is 18.1 Å². The summed E-state index contributed by atoms with van der Waals surface area (Å²) in [7, 11) is 0. The van der Waals surface area contributed by atoms with Crippen LogP contribution in [0.3, 0.4) is 0 Å². The molecule has 0 aromatic carbocycles. The molecule has 0 aromatic rings. The number of carbonyl (C=O) groups is 1. The van der Waals surface area contributed by atoms with Gasteiger partial charge in [-0.3, -0.25) is 4.79 Å². The molecule has 4 heteroatoms. The molecule has 2 N–H and O–H groups in total. The molecule has 0 aromatic heterocycles. The molecule has 1 amide bonds. The minimum absolute atomic E-state index is 0.220. The Morgan fingerprint density at radius 3 is 2.62 bits per heavy atom. The minimum Gasteiger partial charge on any atom is -0.378 e. The first-order valence-electron chi connectivity index (χ1n) is 8.89. The maximum atomic E-state index is 12.5. The number of nitrogens with one attached hydrogen (secondary N) is 2. The standard InChI is InChI=1S/C17H30N2O2/c1-2-21-15-12-14(17(15)8-4-3-5-9-17)19-16(20)13-6-10-18-11-7-13/h13-15,18H,2-12H2,1H3,(H,19,20). The van der Waals surface area contributed by atoms with E-state index in [1.165, 1.54) is 32.1 Å². The monoisotopic (exact) mass is 294 g/mol. The summed E-state index contributed by atoms with van der Waals surface area (Å²) < 4.78 is 5.97. The van der Waals surface area contributed by atoms with Crippen LogP contribution in [-0.4, -0.2) is 37.7 Å². The second kappa shape index (κ2) is 6.66. The van der Waals surface area contributed by atoms with Crippen LogP contribution in [0.4, 0.5) is 0 Å². The molecule has 21 heavy (non-hydrogen) atoms. The van der Waals surface area contributed by atoms with E-state index in [2.05, 4.69) is 17.6 Å². The largest absolute Gasteiger partial charge is 0.378 e. The highest BCUT2D eigenvalue weighted by Gasteiger charge is 2.56. The van der Waals surface area contributed by atoms with Crippen molar-refractivity contribution in [2.45, 2.75) is 70.4 Å². The minimum atomic E-state index is 0.220. The highest BCUT2D eigenvalue weighted by atomic mass is 16.5. The molecule has 2 saturated carbocycles. The number of ether oxygens (including phenoxy) is 1. The molecule has 3 rings (SSSR count). The first-order chi connectivity index (χ1) is 10.3. The van der Waals surface area contributed by atoms with E-state index >= 15 is 0 Å². The Hall–Kier alpha value is -0.610. The van der Waals surface area contributed by atoms with Crippen molar-refractivity contribution in [1.82, 2.24) is 10.6 Å². The quantitative estimate of drug-likeness (QED) is 0.836. The number of piperidine rings is 1. The lowest BCUT2D eigenvalue weighted by Gasteiger charge is -2.57. The molecule has 1 spiro atoms. The van der Waals surface area contributed by atoms with Gasteiger partial charge in [0.2, 0.25) is 5.91 Å². The Labute approximate surface area is 128 Å². The van der Waals surface area contributed by atoms with Crippen molar-refractivity contribution in [3.63, 3.8) is 0 Å². The maximum absolute atomic E-state index is 12.5. The van der Waals surface area contributed by atoms with Crippen LogP contribution in [0, 0.1) is 11.3 Å². The van der Waals surface area contributed by atoms with Crippen molar-refractivity contribution in [3.05, 3.63) is 0 Å². The first-order valence-corrected chi connectivity index (χ1v) is 8.89. The molecule has 0 radical (unpaired) electrons. The third-order valence-electron chi connectivity index (χ3n) is 5.96. The third-order valence-corrected chi connectivity index (χ3v) is 5.96. The molecular weight excluding hydrogens is 264 g/mol. The highest BCUT2D eigenvalue weighted by Crippen LogP contribution is 2.53. The summed E-state index contributed by atoms with van der Waals surface area (Å²) >= 11 is 0. The fourth-order valence-electron chi connectivity index (χ4n) is 4.64. The molecular formula is C17H30N2O2. The normalized spacial score (nSPS) is 32.6. The van der Waals surface area contributed by atoms with Crippen molar-refractivity contribution in [3.8, 4) is 0 Å².